The second-order valence-corrected chi connectivity index (χ2v) is 6.34. The van der Waals surface area contributed by atoms with Crippen LogP contribution in [-0.2, 0) is 17.7 Å². The molecule has 2 aromatic rings. The van der Waals surface area contributed by atoms with Crippen LogP contribution in [0.15, 0.2) is 46.0 Å². The second kappa shape index (κ2) is 11.9. The maximum absolute atomic E-state index is 14.5. The number of anilines is 1. The summed E-state index contributed by atoms with van der Waals surface area (Å²) in [7, 11) is 0. The van der Waals surface area contributed by atoms with Crippen LogP contribution in [0.2, 0.25) is 0 Å². The Morgan fingerprint density at radius 1 is 1.21 bits per heavy atom. The molecule has 0 unspecified atom stereocenters. The average Bonchev–Trinajstić information content (AvgIpc) is 3.20. The van der Waals surface area contributed by atoms with Crippen LogP contribution >= 0.6 is 24.0 Å². The fraction of sp³-hybridized carbons (Fsp3) is 0.450. The van der Waals surface area contributed by atoms with E-state index in [2.05, 4.69) is 15.6 Å². The SMILES string of the molecule is CCNC(=NCc1ccc(N2CCOCC2)c(F)c1)NCCc1ccco1.I. The molecule has 0 saturated carbocycles. The van der Waals surface area contributed by atoms with Crippen molar-refractivity contribution in [2.75, 3.05) is 44.3 Å². The van der Waals surface area contributed by atoms with Crippen LogP contribution in [0.3, 0.4) is 0 Å². The summed E-state index contributed by atoms with van der Waals surface area (Å²) in [6.45, 7) is 6.62. The zero-order chi connectivity index (χ0) is 18.9. The van der Waals surface area contributed by atoms with E-state index in [4.69, 9.17) is 9.15 Å². The normalized spacial score (nSPS) is 14.5. The van der Waals surface area contributed by atoms with Gasteiger partial charge in [-0.05, 0) is 36.8 Å². The van der Waals surface area contributed by atoms with E-state index >= 15 is 0 Å². The number of ether oxygens (including phenoxy) is 1. The van der Waals surface area contributed by atoms with Crippen molar-refractivity contribution < 1.29 is 13.5 Å². The van der Waals surface area contributed by atoms with Gasteiger partial charge in [-0.1, -0.05) is 6.07 Å². The van der Waals surface area contributed by atoms with E-state index in [1.807, 2.05) is 36.1 Å². The van der Waals surface area contributed by atoms with Crippen LogP contribution in [-0.4, -0.2) is 45.4 Å². The maximum Gasteiger partial charge on any atom is 0.191 e. The fourth-order valence-electron chi connectivity index (χ4n) is 2.98. The number of benzene rings is 1. The molecule has 1 aliphatic heterocycles. The highest BCUT2D eigenvalue weighted by molar-refractivity contribution is 14.0. The van der Waals surface area contributed by atoms with Gasteiger partial charge in [-0.3, -0.25) is 0 Å². The molecule has 0 spiro atoms. The molecule has 28 heavy (non-hydrogen) atoms. The smallest absolute Gasteiger partial charge is 0.191 e. The topological polar surface area (TPSA) is 62.0 Å². The molecule has 0 amide bonds. The summed E-state index contributed by atoms with van der Waals surface area (Å²) in [5.41, 5.74) is 1.47. The zero-order valence-electron chi connectivity index (χ0n) is 16.1. The molecule has 1 aromatic heterocycles. The fourth-order valence-corrected chi connectivity index (χ4v) is 2.98. The highest BCUT2D eigenvalue weighted by Crippen LogP contribution is 2.21. The highest BCUT2D eigenvalue weighted by atomic mass is 127. The van der Waals surface area contributed by atoms with Gasteiger partial charge < -0.3 is 24.7 Å². The first-order chi connectivity index (χ1) is 13.3. The predicted octanol–water partition coefficient (Wildman–Crippen LogP) is 3.17. The summed E-state index contributed by atoms with van der Waals surface area (Å²) in [5.74, 6) is 1.43. The van der Waals surface area contributed by atoms with Gasteiger partial charge in [-0.25, -0.2) is 9.38 Å². The number of guanidine groups is 1. The third-order valence-electron chi connectivity index (χ3n) is 4.37. The third kappa shape index (κ3) is 6.66. The predicted molar refractivity (Wildman–Crippen MR) is 120 cm³/mol. The number of aliphatic imine (C=N–C) groups is 1. The molecular formula is C20H28FIN4O2. The lowest BCUT2D eigenvalue weighted by atomic mass is 10.1. The van der Waals surface area contributed by atoms with Crippen LogP contribution in [0, 0.1) is 5.82 Å². The first-order valence-electron chi connectivity index (χ1n) is 9.42. The van der Waals surface area contributed by atoms with Crippen molar-refractivity contribution in [2.24, 2.45) is 4.99 Å². The van der Waals surface area contributed by atoms with E-state index in [0.29, 0.717) is 38.0 Å². The molecule has 0 bridgehead atoms. The van der Waals surface area contributed by atoms with Gasteiger partial charge in [0.15, 0.2) is 5.96 Å². The van der Waals surface area contributed by atoms with Gasteiger partial charge >= 0.3 is 0 Å². The van der Waals surface area contributed by atoms with Crippen LogP contribution in [0.5, 0.6) is 0 Å². The summed E-state index contributed by atoms with van der Waals surface area (Å²) < 4.78 is 25.1. The van der Waals surface area contributed by atoms with E-state index in [0.717, 1.165) is 37.4 Å². The summed E-state index contributed by atoms with van der Waals surface area (Å²) in [6.07, 6.45) is 2.45. The van der Waals surface area contributed by atoms with Crippen molar-refractivity contribution in [1.29, 1.82) is 0 Å². The van der Waals surface area contributed by atoms with Crippen LogP contribution in [0.4, 0.5) is 10.1 Å². The number of halogens is 2. The molecule has 1 aromatic carbocycles. The number of hydrogen-bond acceptors (Lipinski definition) is 4. The van der Waals surface area contributed by atoms with Gasteiger partial charge in [-0.2, -0.15) is 0 Å². The molecule has 6 nitrogen and oxygen atoms in total. The van der Waals surface area contributed by atoms with Crippen molar-refractivity contribution in [2.45, 2.75) is 19.9 Å². The molecule has 0 radical (unpaired) electrons. The number of nitrogens with one attached hydrogen (secondary N) is 2. The Labute approximate surface area is 182 Å². The minimum absolute atomic E-state index is 0. The number of morpholine rings is 1. The molecule has 1 aliphatic rings. The third-order valence-corrected chi connectivity index (χ3v) is 4.37. The number of furan rings is 1. The second-order valence-electron chi connectivity index (χ2n) is 6.34. The molecule has 1 fully saturated rings. The lowest BCUT2D eigenvalue weighted by Crippen LogP contribution is -2.38. The molecule has 0 atom stereocenters. The minimum atomic E-state index is -0.208. The minimum Gasteiger partial charge on any atom is -0.469 e. The van der Waals surface area contributed by atoms with E-state index in [1.165, 1.54) is 0 Å². The zero-order valence-corrected chi connectivity index (χ0v) is 18.4. The summed E-state index contributed by atoms with van der Waals surface area (Å²) in [4.78, 5) is 6.57. The molecule has 2 N–H and O–H groups in total. The van der Waals surface area contributed by atoms with Gasteiger partial charge in [-0.15, -0.1) is 24.0 Å². The molecule has 2 heterocycles. The lowest BCUT2D eigenvalue weighted by Gasteiger charge is -2.29. The lowest BCUT2D eigenvalue weighted by molar-refractivity contribution is 0.122. The number of nitrogens with zero attached hydrogens (tertiary/aromatic N) is 2. The number of hydrogen-bond donors (Lipinski definition) is 2. The molecular weight excluding hydrogens is 474 g/mol. The van der Waals surface area contributed by atoms with E-state index in [-0.39, 0.29) is 29.8 Å². The van der Waals surface area contributed by atoms with Gasteiger partial charge in [0.2, 0.25) is 0 Å². The summed E-state index contributed by atoms with van der Waals surface area (Å²) in [5, 5.41) is 6.47. The maximum atomic E-state index is 14.5. The van der Waals surface area contributed by atoms with Crippen molar-refractivity contribution in [3.05, 3.63) is 53.7 Å². The Bertz CT molecular complexity index is 734. The summed E-state index contributed by atoms with van der Waals surface area (Å²) >= 11 is 0. The Morgan fingerprint density at radius 3 is 2.71 bits per heavy atom. The first kappa shape index (κ1) is 22.5. The average molecular weight is 502 g/mol. The van der Waals surface area contributed by atoms with Gasteiger partial charge in [0.05, 0.1) is 31.7 Å². The van der Waals surface area contributed by atoms with Crippen molar-refractivity contribution in [1.82, 2.24) is 10.6 Å². The van der Waals surface area contributed by atoms with Gasteiger partial charge in [0, 0.05) is 32.6 Å². The molecule has 3 rings (SSSR count). The van der Waals surface area contributed by atoms with Crippen molar-refractivity contribution in [3.8, 4) is 0 Å². The van der Waals surface area contributed by atoms with Crippen LogP contribution in [0.1, 0.15) is 18.2 Å². The van der Waals surface area contributed by atoms with Crippen molar-refractivity contribution >= 4 is 35.6 Å². The van der Waals surface area contributed by atoms with E-state index in [1.54, 1.807) is 12.3 Å². The Balaban J connectivity index is 0.00000280. The monoisotopic (exact) mass is 502 g/mol. The van der Waals surface area contributed by atoms with Gasteiger partial charge in [0.25, 0.3) is 0 Å². The molecule has 154 valence electrons. The standard InChI is InChI=1S/C20H27FN4O2.HI/c1-2-22-20(23-8-7-17-4-3-11-27-17)24-15-16-5-6-19(18(21)14-16)25-9-12-26-13-10-25;/h3-6,11,14H,2,7-10,12-13,15H2,1H3,(H2,22,23,24);1H. The molecule has 8 heteroatoms. The Morgan fingerprint density at radius 2 is 2.04 bits per heavy atom. The van der Waals surface area contributed by atoms with E-state index in [9.17, 15) is 4.39 Å². The van der Waals surface area contributed by atoms with Crippen LogP contribution in [0.25, 0.3) is 0 Å². The Kier molecular flexibility index (Phi) is 9.56. The van der Waals surface area contributed by atoms with E-state index < -0.39 is 0 Å². The first-order valence-corrected chi connectivity index (χ1v) is 9.42. The van der Waals surface area contributed by atoms with Crippen molar-refractivity contribution in [3.63, 3.8) is 0 Å². The highest BCUT2D eigenvalue weighted by Gasteiger charge is 2.15. The van der Waals surface area contributed by atoms with Gasteiger partial charge in [0.1, 0.15) is 11.6 Å². The largest absolute Gasteiger partial charge is 0.469 e. The molecule has 1 saturated heterocycles. The Hall–Kier alpha value is -1.81. The van der Waals surface area contributed by atoms with Crippen LogP contribution < -0.4 is 15.5 Å². The number of rotatable bonds is 7. The quantitative estimate of drug-likeness (QED) is 0.346. The molecule has 0 aliphatic carbocycles. The summed E-state index contributed by atoms with van der Waals surface area (Å²) in [6, 6.07) is 9.17.